The molecule has 3 heterocycles. The number of nitrogens with zero attached hydrogens (tertiary/aromatic N) is 2. The molecule has 3 aromatic rings. The van der Waals surface area contributed by atoms with Crippen LogP contribution in [-0.4, -0.2) is 58.8 Å². The second-order valence-electron chi connectivity index (χ2n) is 7.72. The van der Waals surface area contributed by atoms with Crippen molar-refractivity contribution in [2.75, 3.05) is 27.2 Å². The van der Waals surface area contributed by atoms with Crippen molar-refractivity contribution in [1.29, 1.82) is 0 Å². The van der Waals surface area contributed by atoms with Crippen molar-refractivity contribution in [3.05, 3.63) is 75.8 Å². The minimum absolute atomic E-state index is 0.0582. The predicted molar refractivity (Wildman–Crippen MR) is 116 cm³/mol. The molecule has 0 unspecified atom stereocenters. The number of fused-ring (bicyclic) bond motifs is 1. The third-order valence-electron chi connectivity index (χ3n) is 5.37. The van der Waals surface area contributed by atoms with Crippen LogP contribution in [0.5, 0.6) is 0 Å². The summed E-state index contributed by atoms with van der Waals surface area (Å²) in [6.45, 7) is 1.14. The molecule has 154 valence electrons. The van der Waals surface area contributed by atoms with Crippen LogP contribution in [0, 0.1) is 0 Å². The van der Waals surface area contributed by atoms with Crippen LogP contribution in [0.2, 0.25) is 0 Å². The van der Waals surface area contributed by atoms with E-state index in [0.29, 0.717) is 24.3 Å². The number of carbonyl (C=O) groups excluding carboxylic acids is 2. The molecule has 2 N–H and O–H groups in total. The molecule has 1 aliphatic rings. The average Bonchev–Trinajstić information content (AvgIpc) is 3.18. The van der Waals surface area contributed by atoms with Crippen molar-refractivity contribution in [1.82, 2.24) is 19.8 Å². The highest BCUT2D eigenvalue weighted by Crippen LogP contribution is 2.25. The standard InChI is InChI=1S/C23H24N4O3/c1-26(2)23(30)20-12-16-8-7-15(11-19(16)25-20)18-6-4-10-27(14-18)21(28)13-17-5-3-9-24-22(17)29/h3,5-9,11-12,25H,4,10,13-14H2,1-2H3,(H,24,29). The molecule has 0 saturated carbocycles. The van der Waals surface area contributed by atoms with E-state index in [9.17, 15) is 14.4 Å². The van der Waals surface area contributed by atoms with E-state index in [0.717, 1.165) is 28.5 Å². The van der Waals surface area contributed by atoms with Crippen molar-refractivity contribution in [2.45, 2.75) is 12.8 Å². The molecule has 0 atom stereocenters. The molecule has 30 heavy (non-hydrogen) atoms. The van der Waals surface area contributed by atoms with Gasteiger partial charge in [-0.2, -0.15) is 0 Å². The molecule has 0 saturated heterocycles. The van der Waals surface area contributed by atoms with E-state index in [1.807, 2.05) is 24.3 Å². The van der Waals surface area contributed by atoms with E-state index in [4.69, 9.17) is 0 Å². The first-order valence-electron chi connectivity index (χ1n) is 9.90. The number of rotatable bonds is 4. The largest absolute Gasteiger partial charge is 0.351 e. The number of amides is 2. The highest BCUT2D eigenvalue weighted by Gasteiger charge is 2.20. The molecule has 4 rings (SSSR count). The van der Waals surface area contributed by atoms with Gasteiger partial charge in [0.05, 0.1) is 6.42 Å². The van der Waals surface area contributed by atoms with Crippen LogP contribution in [0.15, 0.2) is 53.5 Å². The zero-order chi connectivity index (χ0) is 21.3. The minimum atomic E-state index is -0.223. The van der Waals surface area contributed by atoms with Gasteiger partial charge >= 0.3 is 0 Å². The monoisotopic (exact) mass is 404 g/mol. The van der Waals surface area contributed by atoms with Gasteiger partial charge in [-0.1, -0.05) is 24.3 Å². The fourth-order valence-corrected chi connectivity index (χ4v) is 3.72. The summed E-state index contributed by atoms with van der Waals surface area (Å²) >= 11 is 0. The van der Waals surface area contributed by atoms with Crippen molar-refractivity contribution >= 4 is 28.3 Å². The van der Waals surface area contributed by atoms with E-state index >= 15 is 0 Å². The number of aromatic amines is 2. The van der Waals surface area contributed by atoms with Crippen LogP contribution in [-0.2, 0) is 11.2 Å². The zero-order valence-corrected chi connectivity index (χ0v) is 17.1. The maximum atomic E-state index is 12.7. The Balaban J connectivity index is 1.52. The third kappa shape index (κ3) is 3.91. The molecule has 0 bridgehead atoms. The van der Waals surface area contributed by atoms with Crippen molar-refractivity contribution in [3.63, 3.8) is 0 Å². The van der Waals surface area contributed by atoms with Crippen molar-refractivity contribution in [2.24, 2.45) is 0 Å². The summed E-state index contributed by atoms with van der Waals surface area (Å²) in [5, 5.41) is 0.969. The van der Waals surface area contributed by atoms with Gasteiger partial charge in [0.15, 0.2) is 0 Å². The molecule has 0 fully saturated rings. The van der Waals surface area contributed by atoms with Gasteiger partial charge in [0.1, 0.15) is 5.69 Å². The van der Waals surface area contributed by atoms with E-state index in [2.05, 4.69) is 16.0 Å². The van der Waals surface area contributed by atoms with E-state index in [-0.39, 0.29) is 23.8 Å². The predicted octanol–water partition coefficient (Wildman–Crippen LogP) is 2.42. The lowest BCUT2D eigenvalue weighted by molar-refractivity contribution is -0.130. The Morgan fingerprint density at radius 1 is 1.17 bits per heavy atom. The summed E-state index contributed by atoms with van der Waals surface area (Å²) in [6, 6.07) is 11.3. The van der Waals surface area contributed by atoms with Gasteiger partial charge < -0.3 is 19.8 Å². The quantitative estimate of drug-likeness (QED) is 0.700. The Labute approximate surface area is 174 Å². The van der Waals surface area contributed by atoms with Gasteiger partial charge in [-0.15, -0.1) is 0 Å². The van der Waals surface area contributed by atoms with Crippen molar-refractivity contribution < 1.29 is 9.59 Å². The Hall–Kier alpha value is -3.61. The molecule has 1 aliphatic heterocycles. The molecule has 2 aromatic heterocycles. The van der Waals surface area contributed by atoms with Crippen LogP contribution >= 0.6 is 0 Å². The van der Waals surface area contributed by atoms with Gasteiger partial charge in [0.2, 0.25) is 5.91 Å². The van der Waals surface area contributed by atoms with Crippen molar-refractivity contribution in [3.8, 4) is 0 Å². The fourth-order valence-electron chi connectivity index (χ4n) is 3.72. The van der Waals surface area contributed by atoms with E-state index in [1.54, 1.807) is 37.3 Å². The summed E-state index contributed by atoms with van der Waals surface area (Å²) in [5.74, 6) is -0.130. The lowest BCUT2D eigenvalue weighted by Crippen LogP contribution is -2.37. The smallest absolute Gasteiger partial charge is 0.269 e. The van der Waals surface area contributed by atoms with Gasteiger partial charge in [-0.25, -0.2) is 0 Å². The van der Waals surface area contributed by atoms with E-state index in [1.165, 1.54) is 4.90 Å². The second-order valence-corrected chi connectivity index (χ2v) is 7.72. The Kier molecular flexibility index (Phi) is 5.27. The van der Waals surface area contributed by atoms with Crippen LogP contribution in [0.1, 0.15) is 28.0 Å². The van der Waals surface area contributed by atoms with Crippen LogP contribution < -0.4 is 5.56 Å². The molecular formula is C23H24N4O3. The highest BCUT2D eigenvalue weighted by molar-refractivity contribution is 5.98. The van der Waals surface area contributed by atoms with Crippen LogP contribution in [0.4, 0.5) is 0 Å². The average molecular weight is 404 g/mol. The minimum Gasteiger partial charge on any atom is -0.351 e. The first-order chi connectivity index (χ1) is 14.4. The summed E-state index contributed by atoms with van der Waals surface area (Å²) in [7, 11) is 3.45. The van der Waals surface area contributed by atoms with Crippen LogP contribution in [0.25, 0.3) is 16.5 Å². The maximum Gasteiger partial charge on any atom is 0.269 e. The van der Waals surface area contributed by atoms with Gasteiger partial charge in [0, 0.05) is 49.8 Å². The molecule has 0 aliphatic carbocycles. The lowest BCUT2D eigenvalue weighted by Gasteiger charge is -2.27. The Bertz CT molecular complexity index is 1200. The van der Waals surface area contributed by atoms with E-state index < -0.39 is 0 Å². The first kappa shape index (κ1) is 19.7. The fraction of sp³-hybridized carbons (Fsp3) is 0.261. The number of benzene rings is 1. The molecular weight excluding hydrogens is 380 g/mol. The Morgan fingerprint density at radius 3 is 2.77 bits per heavy atom. The third-order valence-corrected chi connectivity index (χ3v) is 5.37. The summed E-state index contributed by atoms with van der Waals surface area (Å²) < 4.78 is 0. The summed E-state index contributed by atoms with van der Waals surface area (Å²) in [4.78, 5) is 46.0. The van der Waals surface area contributed by atoms with Gasteiger partial charge in [-0.05, 0) is 35.8 Å². The lowest BCUT2D eigenvalue weighted by atomic mass is 9.99. The normalized spacial score (nSPS) is 13.9. The number of pyridine rings is 1. The number of aromatic nitrogens is 2. The number of hydrogen-bond acceptors (Lipinski definition) is 3. The number of nitrogens with one attached hydrogen (secondary N) is 2. The van der Waals surface area contributed by atoms with Gasteiger partial charge in [0.25, 0.3) is 11.5 Å². The first-order valence-corrected chi connectivity index (χ1v) is 9.90. The number of H-pyrrole nitrogens is 2. The molecule has 0 spiro atoms. The Morgan fingerprint density at radius 2 is 2.00 bits per heavy atom. The zero-order valence-electron chi connectivity index (χ0n) is 17.1. The molecule has 0 radical (unpaired) electrons. The number of hydrogen-bond donors (Lipinski definition) is 2. The molecule has 7 heteroatoms. The molecule has 7 nitrogen and oxygen atoms in total. The molecule has 1 aromatic carbocycles. The SMILES string of the molecule is CN(C)C(=O)c1cc2ccc(C3=CCCN(C(=O)Cc4ccc[nH]c4=O)C3)cc2[nH]1. The summed E-state index contributed by atoms with van der Waals surface area (Å²) in [5.41, 5.74) is 3.77. The highest BCUT2D eigenvalue weighted by atomic mass is 16.2. The second kappa shape index (κ2) is 8.02. The topological polar surface area (TPSA) is 89.3 Å². The van der Waals surface area contributed by atoms with Crippen LogP contribution in [0.3, 0.4) is 0 Å². The number of carbonyl (C=O) groups is 2. The van der Waals surface area contributed by atoms with Gasteiger partial charge in [-0.3, -0.25) is 14.4 Å². The summed E-state index contributed by atoms with van der Waals surface area (Å²) in [6.07, 6.45) is 4.57. The molecule has 2 amide bonds. The maximum absolute atomic E-state index is 12.7.